The molecule has 5 heteroatoms. The van der Waals surface area contributed by atoms with E-state index in [1.54, 1.807) is 7.11 Å². The van der Waals surface area contributed by atoms with Crippen LogP contribution < -0.4 is 4.74 Å². The van der Waals surface area contributed by atoms with Gasteiger partial charge in [0.15, 0.2) is 0 Å². The molecule has 2 fully saturated rings. The van der Waals surface area contributed by atoms with Crippen LogP contribution >= 0.6 is 0 Å². The van der Waals surface area contributed by atoms with Crippen molar-refractivity contribution in [3.63, 3.8) is 0 Å². The maximum atomic E-state index is 13.3. The van der Waals surface area contributed by atoms with Crippen LogP contribution in [0.25, 0.3) is 10.9 Å². The Morgan fingerprint density at radius 2 is 1.89 bits per heavy atom. The van der Waals surface area contributed by atoms with Gasteiger partial charge < -0.3 is 9.64 Å². The number of carbonyl (C=O) groups is 1. The van der Waals surface area contributed by atoms with Gasteiger partial charge in [-0.15, -0.1) is 0 Å². The summed E-state index contributed by atoms with van der Waals surface area (Å²) in [7, 11) is 1.65. The molecule has 2 aromatic rings. The van der Waals surface area contributed by atoms with Gasteiger partial charge in [-0.3, -0.25) is 14.7 Å². The number of benzene rings is 1. The number of carbonyl (C=O) groups excluding carboxylic acids is 1. The highest BCUT2D eigenvalue weighted by atomic mass is 16.5. The molecule has 144 valence electrons. The van der Waals surface area contributed by atoms with E-state index in [2.05, 4.69) is 9.88 Å². The normalized spacial score (nSPS) is 19.4. The van der Waals surface area contributed by atoms with Crippen molar-refractivity contribution in [1.82, 2.24) is 14.8 Å². The van der Waals surface area contributed by atoms with Crippen molar-refractivity contribution in [3.05, 3.63) is 35.5 Å². The van der Waals surface area contributed by atoms with Crippen LogP contribution in [0.1, 0.15) is 48.2 Å². The second-order valence-corrected chi connectivity index (χ2v) is 7.81. The molecule has 1 aliphatic heterocycles. The molecule has 0 unspecified atom stereocenters. The van der Waals surface area contributed by atoms with E-state index in [1.165, 1.54) is 25.7 Å². The molecule has 0 N–H and O–H groups in total. The molecule has 2 aliphatic rings. The highest BCUT2D eigenvalue weighted by Gasteiger charge is 2.27. The van der Waals surface area contributed by atoms with Gasteiger partial charge in [0.25, 0.3) is 5.91 Å². The molecular weight excluding hydrogens is 338 g/mol. The number of fused-ring (bicyclic) bond motifs is 1. The Kier molecular flexibility index (Phi) is 5.30. The predicted molar refractivity (Wildman–Crippen MR) is 107 cm³/mol. The number of hydrogen-bond acceptors (Lipinski definition) is 4. The summed E-state index contributed by atoms with van der Waals surface area (Å²) in [6.07, 6.45) is 6.41. The van der Waals surface area contributed by atoms with Crippen molar-refractivity contribution in [2.24, 2.45) is 0 Å². The molecule has 4 rings (SSSR count). The standard InChI is InChI=1S/C22H29N3O2/c1-16-14-20(19-9-8-18(27-2)15-21(19)23-16)22(26)25-11-5-10-24(12-13-25)17-6-3-4-7-17/h8-9,14-15,17H,3-7,10-13H2,1-2H3. The van der Waals surface area contributed by atoms with Gasteiger partial charge in [-0.05, 0) is 44.4 Å². The van der Waals surface area contributed by atoms with Crippen molar-refractivity contribution in [3.8, 4) is 5.75 Å². The fourth-order valence-corrected chi connectivity index (χ4v) is 4.59. The fourth-order valence-electron chi connectivity index (χ4n) is 4.59. The van der Waals surface area contributed by atoms with Gasteiger partial charge in [0, 0.05) is 49.4 Å². The second-order valence-electron chi connectivity index (χ2n) is 7.81. The highest BCUT2D eigenvalue weighted by Crippen LogP contribution is 2.26. The number of aryl methyl sites for hydroxylation is 1. The summed E-state index contributed by atoms with van der Waals surface area (Å²) in [4.78, 5) is 22.6. The molecule has 1 saturated heterocycles. The number of ether oxygens (including phenoxy) is 1. The number of pyridine rings is 1. The average Bonchev–Trinajstić information content (AvgIpc) is 3.11. The zero-order chi connectivity index (χ0) is 18.8. The van der Waals surface area contributed by atoms with Gasteiger partial charge in [0.05, 0.1) is 18.2 Å². The van der Waals surface area contributed by atoms with Crippen LogP contribution in [0.15, 0.2) is 24.3 Å². The van der Waals surface area contributed by atoms with Gasteiger partial charge in [0.1, 0.15) is 5.75 Å². The largest absolute Gasteiger partial charge is 0.497 e. The molecule has 0 radical (unpaired) electrons. The Bertz CT molecular complexity index is 830. The van der Waals surface area contributed by atoms with Crippen molar-refractivity contribution < 1.29 is 9.53 Å². The third-order valence-electron chi connectivity index (χ3n) is 6.03. The Labute approximate surface area is 161 Å². The van der Waals surface area contributed by atoms with Gasteiger partial charge in [-0.25, -0.2) is 0 Å². The van der Waals surface area contributed by atoms with Crippen molar-refractivity contribution in [2.75, 3.05) is 33.3 Å². The van der Waals surface area contributed by atoms with Crippen LogP contribution in [0.4, 0.5) is 0 Å². The first kappa shape index (κ1) is 18.2. The lowest BCUT2D eigenvalue weighted by Gasteiger charge is -2.27. The number of amides is 1. The molecule has 1 aromatic carbocycles. The average molecular weight is 367 g/mol. The summed E-state index contributed by atoms with van der Waals surface area (Å²) >= 11 is 0. The highest BCUT2D eigenvalue weighted by molar-refractivity contribution is 6.06. The summed E-state index contributed by atoms with van der Waals surface area (Å²) in [5.41, 5.74) is 2.44. The quantitative estimate of drug-likeness (QED) is 0.831. The van der Waals surface area contributed by atoms with E-state index in [4.69, 9.17) is 4.74 Å². The lowest BCUT2D eigenvalue weighted by molar-refractivity contribution is 0.0760. The van der Waals surface area contributed by atoms with Crippen molar-refractivity contribution >= 4 is 16.8 Å². The third-order valence-corrected chi connectivity index (χ3v) is 6.03. The summed E-state index contributed by atoms with van der Waals surface area (Å²) in [5.74, 6) is 0.893. The van der Waals surface area contributed by atoms with E-state index < -0.39 is 0 Å². The number of hydrogen-bond donors (Lipinski definition) is 0. The molecule has 0 spiro atoms. The van der Waals surface area contributed by atoms with Crippen LogP contribution in [0.5, 0.6) is 5.75 Å². The first-order valence-corrected chi connectivity index (χ1v) is 10.1. The molecule has 2 heterocycles. The van der Waals surface area contributed by atoms with E-state index in [1.807, 2.05) is 36.1 Å². The first-order valence-electron chi connectivity index (χ1n) is 10.1. The molecule has 0 bridgehead atoms. The van der Waals surface area contributed by atoms with E-state index in [0.717, 1.165) is 66.6 Å². The van der Waals surface area contributed by atoms with Crippen LogP contribution in [0.2, 0.25) is 0 Å². The van der Waals surface area contributed by atoms with E-state index in [9.17, 15) is 4.79 Å². The molecule has 1 amide bonds. The zero-order valence-electron chi connectivity index (χ0n) is 16.4. The Morgan fingerprint density at radius 3 is 2.67 bits per heavy atom. The smallest absolute Gasteiger partial charge is 0.254 e. The Morgan fingerprint density at radius 1 is 1.07 bits per heavy atom. The minimum absolute atomic E-state index is 0.129. The zero-order valence-corrected chi connectivity index (χ0v) is 16.4. The number of methoxy groups -OCH3 is 1. The fraction of sp³-hybridized carbons (Fsp3) is 0.545. The monoisotopic (exact) mass is 367 g/mol. The molecule has 27 heavy (non-hydrogen) atoms. The number of aromatic nitrogens is 1. The number of rotatable bonds is 3. The minimum atomic E-state index is 0.129. The van der Waals surface area contributed by atoms with Crippen LogP contribution in [0.3, 0.4) is 0 Å². The molecule has 0 atom stereocenters. The molecule has 5 nitrogen and oxygen atoms in total. The van der Waals surface area contributed by atoms with E-state index in [0.29, 0.717) is 0 Å². The maximum Gasteiger partial charge on any atom is 0.254 e. The van der Waals surface area contributed by atoms with Crippen LogP contribution in [-0.4, -0.2) is 60.0 Å². The number of nitrogens with zero attached hydrogens (tertiary/aromatic N) is 3. The minimum Gasteiger partial charge on any atom is -0.497 e. The van der Waals surface area contributed by atoms with Gasteiger partial charge in [-0.1, -0.05) is 12.8 Å². The van der Waals surface area contributed by atoms with E-state index in [-0.39, 0.29) is 5.91 Å². The van der Waals surface area contributed by atoms with Crippen molar-refractivity contribution in [2.45, 2.75) is 45.1 Å². The van der Waals surface area contributed by atoms with Crippen LogP contribution in [-0.2, 0) is 0 Å². The molecule has 1 saturated carbocycles. The second kappa shape index (κ2) is 7.85. The molecule has 1 aliphatic carbocycles. The lowest BCUT2D eigenvalue weighted by Crippen LogP contribution is -2.38. The summed E-state index contributed by atoms with van der Waals surface area (Å²) in [5, 5.41) is 0.906. The molecule has 1 aromatic heterocycles. The lowest BCUT2D eigenvalue weighted by atomic mass is 10.1. The molecular formula is C22H29N3O2. The van der Waals surface area contributed by atoms with Gasteiger partial charge in [0.2, 0.25) is 0 Å². The summed E-state index contributed by atoms with van der Waals surface area (Å²) < 4.78 is 5.32. The van der Waals surface area contributed by atoms with Crippen LogP contribution in [0, 0.1) is 6.92 Å². The summed E-state index contributed by atoms with van der Waals surface area (Å²) in [6.45, 7) is 5.70. The van der Waals surface area contributed by atoms with Crippen molar-refractivity contribution in [1.29, 1.82) is 0 Å². The Balaban J connectivity index is 1.57. The predicted octanol–water partition coefficient (Wildman–Crippen LogP) is 3.64. The van der Waals surface area contributed by atoms with Gasteiger partial charge in [-0.2, -0.15) is 0 Å². The van der Waals surface area contributed by atoms with E-state index >= 15 is 0 Å². The SMILES string of the molecule is COc1ccc2c(C(=O)N3CCCN(C4CCCC4)CC3)cc(C)nc2c1. The van der Waals surface area contributed by atoms with Gasteiger partial charge >= 0.3 is 0 Å². The maximum absolute atomic E-state index is 13.3. The third kappa shape index (κ3) is 3.79. The topological polar surface area (TPSA) is 45.7 Å². The first-order chi connectivity index (χ1) is 13.2. The summed E-state index contributed by atoms with van der Waals surface area (Å²) in [6, 6.07) is 8.42. The Hall–Kier alpha value is -2.14.